The molecule has 1 unspecified atom stereocenters. The van der Waals surface area contributed by atoms with Crippen LogP contribution < -0.4 is 0 Å². The summed E-state index contributed by atoms with van der Waals surface area (Å²) in [6.07, 6.45) is 6.23. The number of rotatable bonds is 8. The van der Waals surface area contributed by atoms with Crippen molar-refractivity contribution >= 4 is 29.9 Å². The fraction of sp³-hybridized carbons (Fsp3) is 0.917. The van der Waals surface area contributed by atoms with E-state index in [1.54, 1.807) is 0 Å². The summed E-state index contributed by atoms with van der Waals surface area (Å²) in [5.41, 5.74) is 0. The maximum atomic E-state index is 11.5. The minimum Gasteiger partial charge on any atom is -0.465 e. The summed E-state index contributed by atoms with van der Waals surface area (Å²) in [4.78, 5) is 11.5. The van der Waals surface area contributed by atoms with Gasteiger partial charge in [-0.3, -0.25) is 4.79 Å². The van der Waals surface area contributed by atoms with Crippen LogP contribution >= 0.6 is 0 Å². The third-order valence-corrected chi connectivity index (χ3v) is 2.47. The van der Waals surface area contributed by atoms with E-state index in [1.165, 1.54) is 0 Å². The Morgan fingerprint density at radius 1 is 1.13 bits per heavy atom. The molecule has 0 rings (SSSR count). The molecule has 0 aliphatic heterocycles. The van der Waals surface area contributed by atoms with Crippen molar-refractivity contribution in [3.05, 3.63) is 0 Å². The van der Waals surface area contributed by atoms with E-state index in [0.29, 0.717) is 6.61 Å². The number of carbonyl (C=O) groups is 1. The van der Waals surface area contributed by atoms with Gasteiger partial charge in [0.05, 0.1) is 12.5 Å². The maximum absolute atomic E-state index is 11.5. The van der Waals surface area contributed by atoms with Gasteiger partial charge in [0.1, 0.15) is 0 Å². The molecule has 0 aromatic rings. The number of esters is 1. The molecule has 0 aromatic heterocycles. The average molecular weight is 319 g/mol. The van der Waals surface area contributed by atoms with Crippen LogP contribution in [-0.2, 0) is 9.53 Å². The van der Waals surface area contributed by atoms with Gasteiger partial charge < -0.3 is 4.74 Å². The van der Waals surface area contributed by atoms with Crippen LogP contribution in [0.1, 0.15) is 59.3 Å². The van der Waals surface area contributed by atoms with Gasteiger partial charge in [-0.2, -0.15) is 0 Å². The SMILES string of the molecule is CCCCOC(=O)C(CC)CCCC.[Sn]. The van der Waals surface area contributed by atoms with Gasteiger partial charge in [0.15, 0.2) is 0 Å². The summed E-state index contributed by atoms with van der Waals surface area (Å²) >= 11 is 0. The third-order valence-electron chi connectivity index (χ3n) is 2.47. The topological polar surface area (TPSA) is 26.3 Å². The molecule has 0 saturated carbocycles. The first-order valence-electron chi connectivity index (χ1n) is 5.92. The van der Waals surface area contributed by atoms with Gasteiger partial charge in [-0.1, -0.05) is 40.0 Å². The van der Waals surface area contributed by atoms with Gasteiger partial charge >= 0.3 is 5.97 Å². The van der Waals surface area contributed by atoms with Crippen LogP contribution in [0.3, 0.4) is 0 Å². The smallest absolute Gasteiger partial charge is 0.308 e. The minimum atomic E-state index is 0. The predicted molar refractivity (Wildman–Crippen MR) is 64.9 cm³/mol. The van der Waals surface area contributed by atoms with E-state index in [1.807, 2.05) is 0 Å². The summed E-state index contributed by atoms with van der Waals surface area (Å²) in [6.45, 7) is 6.90. The van der Waals surface area contributed by atoms with Crippen LogP contribution in [0.2, 0.25) is 0 Å². The summed E-state index contributed by atoms with van der Waals surface area (Å²) in [5.74, 6) is 0.140. The van der Waals surface area contributed by atoms with Gasteiger partial charge in [-0.05, 0) is 19.3 Å². The summed E-state index contributed by atoms with van der Waals surface area (Å²) < 4.78 is 5.19. The largest absolute Gasteiger partial charge is 0.465 e. The zero-order chi connectivity index (χ0) is 10.8. The Hall–Kier alpha value is 0.269. The van der Waals surface area contributed by atoms with Gasteiger partial charge in [0, 0.05) is 23.9 Å². The quantitative estimate of drug-likeness (QED) is 0.390. The molecule has 0 saturated heterocycles. The molecule has 0 amide bonds. The van der Waals surface area contributed by atoms with Gasteiger partial charge in [0.2, 0.25) is 0 Å². The van der Waals surface area contributed by atoms with Crippen molar-refractivity contribution in [2.45, 2.75) is 59.3 Å². The van der Waals surface area contributed by atoms with Crippen molar-refractivity contribution in [3.63, 3.8) is 0 Å². The molecular weight excluding hydrogens is 295 g/mol. The zero-order valence-corrected chi connectivity index (χ0v) is 13.2. The number of ether oxygens (including phenoxy) is 1. The maximum Gasteiger partial charge on any atom is 0.308 e. The van der Waals surface area contributed by atoms with Crippen molar-refractivity contribution in [1.82, 2.24) is 0 Å². The molecule has 4 radical (unpaired) electrons. The Morgan fingerprint density at radius 2 is 1.73 bits per heavy atom. The number of unbranched alkanes of at least 4 members (excludes halogenated alkanes) is 2. The third kappa shape index (κ3) is 9.21. The second-order valence-electron chi connectivity index (χ2n) is 3.77. The van der Waals surface area contributed by atoms with Crippen LogP contribution in [-0.4, -0.2) is 36.5 Å². The number of hydrogen-bond donors (Lipinski definition) is 0. The monoisotopic (exact) mass is 320 g/mol. The van der Waals surface area contributed by atoms with E-state index in [4.69, 9.17) is 4.74 Å². The summed E-state index contributed by atoms with van der Waals surface area (Å²) in [5, 5.41) is 0. The fourth-order valence-electron chi connectivity index (χ4n) is 1.37. The van der Waals surface area contributed by atoms with E-state index >= 15 is 0 Å². The molecule has 15 heavy (non-hydrogen) atoms. The van der Waals surface area contributed by atoms with E-state index in [-0.39, 0.29) is 35.8 Å². The first-order valence-corrected chi connectivity index (χ1v) is 5.92. The second-order valence-corrected chi connectivity index (χ2v) is 3.77. The minimum absolute atomic E-state index is 0. The van der Waals surface area contributed by atoms with Crippen molar-refractivity contribution < 1.29 is 9.53 Å². The van der Waals surface area contributed by atoms with Crippen LogP contribution in [0.15, 0.2) is 0 Å². The molecule has 88 valence electrons. The number of carbonyl (C=O) groups excluding carboxylic acids is 1. The van der Waals surface area contributed by atoms with Crippen LogP contribution in [0.4, 0.5) is 0 Å². The Balaban J connectivity index is 0. The molecule has 2 nitrogen and oxygen atoms in total. The van der Waals surface area contributed by atoms with Crippen LogP contribution in [0.5, 0.6) is 0 Å². The molecule has 0 heterocycles. The molecule has 3 heteroatoms. The van der Waals surface area contributed by atoms with E-state index in [0.717, 1.165) is 38.5 Å². The van der Waals surface area contributed by atoms with Crippen molar-refractivity contribution in [1.29, 1.82) is 0 Å². The van der Waals surface area contributed by atoms with E-state index in [2.05, 4.69) is 20.8 Å². The first-order chi connectivity index (χ1) is 6.76. The first kappa shape index (κ1) is 17.7. The molecule has 0 spiro atoms. The predicted octanol–water partition coefficient (Wildman–Crippen LogP) is 3.17. The Kier molecular flexibility index (Phi) is 14.5. The molecule has 0 aliphatic rings. The average Bonchev–Trinajstić information content (AvgIpc) is 2.19. The molecule has 0 fully saturated rings. The molecule has 0 aromatic carbocycles. The van der Waals surface area contributed by atoms with Crippen LogP contribution in [0.25, 0.3) is 0 Å². The van der Waals surface area contributed by atoms with Gasteiger partial charge in [-0.15, -0.1) is 0 Å². The summed E-state index contributed by atoms with van der Waals surface area (Å²) in [6, 6.07) is 0. The molecule has 0 bridgehead atoms. The standard InChI is InChI=1S/C12H24O2.Sn/c1-4-7-9-11(6-3)12(13)14-10-8-5-2;/h11H,4-10H2,1-3H3;. The van der Waals surface area contributed by atoms with Gasteiger partial charge in [-0.25, -0.2) is 0 Å². The van der Waals surface area contributed by atoms with E-state index < -0.39 is 0 Å². The van der Waals surface area contributed by atoms with Crippen molar-refractivity contribution in [2.24, 2.45) is 5.92 Å². The molecule has 1 atom stereocenters. The summed E-state index contributed by atoms with van der Waals surface area (Å²) in [7, 11) is 0. The molecular formula is C12H24O2Sn. The normalized spacial score (nSPS) is 11.7. The van der Waals surface area contributed by atoms with E-state index in [9.17, 15) is 4.79 Å². The molecule has 0 aliphatic carbocycles. The Bertz CT molecular complexity index is 149. The molecule has 0 N–H and O–H groups in total. The van der Waals surface area contributed by atoms with Crippen molar-refractivity contribution in [3.8, 4) is 0 Å². The van der Waals surface area contributed by atoms with Crippen molar-refractivity contribution in [2.75, 3.05) is 6.61 Å². The van der Waals surface area contributed by atoms with Gasteiger partial charge in [0.25, 0.3) is 0 Å². The zero-order valence-electron chi connectivity index (χ0n) is 10.3. The Morgan fingerprint density at radius 3 is 2.20 bits per heavy atom. The second kappa shape index (κ2) is 12.3. The fourth-order valence-corrected chi connectivity index (χ4v) is 1.37. The van der Waals surface area contributed by atoms with Crippen LogP contribution in [0, 0.1) is 5.92 Å². The Labute approximate surface area is 111 Å². The number of hydrogen-bond acceptors (Lipinski definition) is 2.